The van der Waals surface area contributed by atoms with Crippen molar-refractivity contribution in [2.24, 2.45) is 0 Å². The maximum absolute atomic E-state index is 12.5. The number of ether oxygens (including phenoxy) is 1. The molecule has 1 amide bonds. The molecule has 0 atom stereocenters. The second-order valence-corrected chi connectivity index (χ2v) is 4.77. The summed E-state index contributed by atoms with van der Waals surface area (Å²) < 4.78 is 42.0. The Balaban J connectivity index is 2.58. The van der Waals surface area contributed by atoms with Crippen molar-refractivity contribution < 1.29 is 27.5 Å². The van der Waals surface area contributed by atoms with Gasteiger partial charge in [0.15, 0.2) is 10.9 Å². The Morgan fingerprint density at radius 1 is 1.45 bits per heavy atom. The van der Waals surface area contributed by atoms with Crippen LogP contribution in [0.4, 0.5) is 13.2 Å². The van der Waals surface area contributed by atoms with Gasteiger partial charge in [-0.1, -0.05) is 11.8 Å². The number of carbonyl (C=O) groups is 2. The van der Waals surface area contributed by atoms with Crippen LogP contribution in [0.25, 0.3) is 0 Å². The van der Waals surface area contributed by atoms with E-state index < -0.39 is 29.3 Å². The molecule has 1 aromatic heterocycles. The second kappa shape index (κ2) is 7.82. The average Bonchev–Trinajstić information content (AvgIpc) is 2.41. The minimum absolute atomic E-state index is 0.166. The second-order valence-electron chi connectivity index (χ2n) is 3.80. The van der Waals surface area contributed by atoms with Gasteiger partial charge in [-0.05, 0) is 6.92 Å². The largest absolute Gasteiger partial charge is 0.465 e. The van der Waals surface area contributed by atoms with Crippen molar-refractivity contribution in [3.8, 4) is 0 Å². The summed E-state index contributed by atoms with van der Waals surface area (Å²) in [6, 6.07) is 0.324. The zero-order valence-corrected chi connectivity index (χ0v) is 12.1. The Labute approximate surface area is 126 Å². The van der Waals surface area contributed by atoms with Gasteiger partial charge < -0.3 is 15.0 Å². The van der Waals surface area contributed by atoms with Gasteiger partial charge in [0.1, 0.15) is 6.54 Å². The van der Waals surface area contributed by atoms with Crippen LogP contribution < -0.4 is 10.9 Å². The fourth-order valence-electron chi connectivity index (χ4n) is 1.22. The summed E-state index contributed by atoms with van der Waals surface area (Å²) in [5.41, 5.74) is -2.32. The van der Waals surface area contributed by atoms with Gasteiger partial charge in [-0.3, -0.25) is 14.4 Å². The quantitative estimate of drug-likeness (QED) is 0.446. The van der Waals surface area contributed by atoms with Crippen LogP contribution in [0.5, 0.6) is 0 Å². The molecule has 0 saturated carbocycles. The van der Waals surface area contributed by atoms with Crippen LogP contribution in [-0.2, 0) is 20.5 Å². The number of halogens is 3. The summed E-state index contributed by atoms with van der Waals surface area (Å²) in [4.78, 5) is 38.8. The molecule has 1 rings (SSSR count). The highest BCUT2D eigenvalue weighted by Crippen LogP contribution is 2.27. The fraction of sp³-hybridized carbons (Fsp3) is 0.455. The Bertz CT molecular complexity index is 603. The molecule has 7 nitrogen and oxygen atoms in total. The van der Waals surface area contributed by atoms with Crippen molar-refractivity contribution in [1.82, 2.24) is 15.3 Å². The topological polar surface area (TPSA) is 101 Å². The van der Waals surface area contributed by atoms with E-state index in [0.29, 0.717) is 17.8 Å². The Kier molecular flexibility index (Phi) is 6.40. The molecule has 0 radical (unpaired) electrons. The Hall–Kier alpha value is -2.04. The summed E-state index contributed by atoms with van der Waals surface area (Å²) in [6.07, 6.45) is -4.75. The lowest BCUT2D eigenvalue weighted by atomic mass is 10.4. The monoisotopic (exact) mass is 339 g/mol. The third-order valence-electron chi connectivity index (χ3n) is 2.09. The molecule has 0 aliphatic heterocycles. The molecule has 0 spiro atoms. The molecule has 22 heavy (non-hydrogen) atoms. The van der Waals surface area contributed by atoms with Gasteiger partial charge in [0, 0.05) is 6.07 Å². The average molecular weight is 339 g/mol. The molecule has 122 valence electrons. The third-order valence-corrected chi connectivity index (χ3v) is 2.96. The molecule has 2 N–H and O–H groups in total. The first-order chi connectivity index (χ1) is 10.2. The van der Waals surface area contributed by atoms with Crippen molar-refractivity contribution in [2.75, 3.05) is 18.9 Å². The van der Waals surface area contributed by atoms with Crippen LogP contribution in [0.2, 0.25) is 0 Å². The number of nitrogens with zero attached hydrogens (tertiary/aromatic N) is 1. The summed E-state index contributed by atoms with van der Waals surface area (Å²) in [5, 5.41) is 1.88. The highest BCUT2D eigenvalue weighted by atomic mass is 32.2. The van der Waals surface area contributed by atoms with E-state index in [1.807, 2.05) is 0 Å². The van der Waals surface area contributed by atoms with Crippen molar-refractivity contribution in [2.45, 2.75) is 18.3 Å². The zero-order chi connectivity index (χ0) is 16.8. The molecule has 0 saturated heterocycles. The maximum Gasteiger partial charge on any atom is 0.433 e. The Morgan fingerprint density at radius 3 is 2.73 bits per heavy atom. The number of esters is 1. The van der Waals surface area contributed by atoms with Crippen LogP contribution in [-0.4, -0.2) is 40.7 Å². The van der Waals surface area contributed by atoms with Gasteiger partial charge in [-0.15, -0.1) is 0 Å². The number of carbonyl (C=O) groups excluding carboxylic acids is 2. The van der Waals surface area contributed by atoms with Gasteiger partial charge >= 0.3 is 12.1 Å². The van der Waals surface area contributed by atoms with Gasteiger partial charge in [-0.2, -0.15) is 13.2 Å². The number of rotatable bonds is 6. The first kappa shape index (κ1) is 18.0. The molecule has 0 unspecified atom stereocenters. The minimum Gasteiger partial charge on any atom is -0.465 e. The smallest absolute Gasteiger partial charge is 0.433 e. The van der Waals surface area contributed by atoms with E-state index in [9.17, 15) is 27.6 Å². The van der Waals surface area contributed by atoms with Crippen LogP contribution in [0.3, 0.4) is 0 Å². The number of alkyl halides is 3. The molecule has 0 aliphatic rings. The van der Waals surface area contributed by atoms with E-state index in [0.717, 1.165) is 0 Å². The highest BCUT2D eigenvalue weighted by Gasteiger charge is 2.33. The van der Waals surface area contributed by atoms with E-state index in [2.05, 4.69) is 20.0 Å². The molecule has 0 fully saturated rings. The van der Waals surface area contributed by atoms with Crippen LogP contribution >= 0.6 is 11.8 Å². The molecule has 11 heteroatoms. The lowest BCUT2D eigenvalue weighted by Gasteiger charge is -2.07. The molecular weight excluding hydrogens is 327 g/mol. The number of aromatic nitrogens is 2. The minimum atomic E-state index is -4.75. The molecule has 1 aromatic rings. The van der Waals surface area contributed by atoms with E-state index in [-0.39, 0.29) is 24.1 Å². The van der Waals surface area contributed by atoms with E-state index >= 15 is 0 Å². The first-order valence-electron chi connectivity index (χ1n) is 5.96. The molecular formula is C11H12F3N3O4S. The SMILES string of the molecule is CCOC(=O)CNC(=O)CSc1nc(C(F)(F)F)cc(=O)[nH]1. The van der Waals surface area contributed by atoms with Crippen molar-refractivity contribution in [1.29, 1.82) is 0 Å². The first-order valence-corrected chi connectivity index (χ1v) is 6.94. The summed E-state index contributed by atoms with van der Waals surface area (Å²) >= 11 is 0.607. The fourth-order valence-corrected chi connectivity index (χ4v) is 1.92. The predicted octanol–water partition coefficient (Wildman–Crippen LogP) is 0.560. The zero-order valence-electron chi connectivity index (χ0n) is 11.3. The van der Waals surface area contributed by atoms with Gasteiger partial charge in [0.05, 0.1) is 12.4 Å². The van der Waals surface area contributed by atoms with E-state index in [1.165, 1.54) is 0 Å². The van der Waals surface area contributed by atoms with Crippen molar-refractivity contribution >= 4 is 23.6 Å². The van der Waals surface area contributed by atoms with E-state index in [1.54, 1.807) is 6.92 Å². The summed E-state index contributed by atoms with van der Waals surface area (Å²) in [6.45, 7) is 1.42. The number of thioether (sulfide) groups is 1. The number of amides is 1. The maximum atomic E-state index is 12.5. The van der Waals surface area contributed by atoms with Crippen LogP contribution in [0.1, 0.15) is 12.6 Å². The van der Waals surface area contributed by atoms with Crippen molar-refractivity contribution in [3.63, 3.8) is 0 Å². The third kappa shape index (κ3) is 6.16. The normalized spacial score (nSPS) is 11.1. The number of hydrogen-bond donors (Lipinski definition) is 2. The van der Waals surface area contributed by atoms with Gasteiger partial charge in [0.25, 0.3) is 5.56 Å². The van der Waals surface area contributed by atoms with Gasteiger partial charge in [0.2, 0.25) is 5.91 Å². The van der Waals surface area contributed by atoms with E-state index in [4.69, 9.17) is 0 Å². The lowest BCUT2D eigenvalue weighted by molar-refractivity contribution is -0.143. The van der Waals surface area contributed by atoms with Gasteiger partial charge in [-0.25, -0.2) is 4.98 Å². The molecule has 0 bridgehead atoms. The number of aromatic amines is 1. The Morgan fingerprint density at radius 2 is 2.14 bits per heavy atom. The standard InChI is InChI=1S/C11H12F3N3O4S/c1-2-21-9(20)4-15-8(19)5-22-10-16-6(11(12,13)14)3-7(18)17-10/h3H,2,4-5H2,1H3,(H,15,19)(H,16,17,18). The summed E-state index contributed by atoms with van der Waals surface area (Å²) in [7, 11) is 0. The molecule has 1 heterocycles. The molecule has 0 aliphatic carbocycles. The number of H-pyrrole nitrogens is 1. The number of hydrogen-bond acceptors (Lipinski definition) is 6. The van der Waals surface area contributed by atoms with Crippen LogP contribution in [0, 0.1) is 0 Å². The summed E-state index contributed by atoms with van der Waals surface area (Å²) in [5.74, 6) is -1.56. The predicted molar refractivity (Wildman–Crippen MR) is 70.2 cm³/mol. The lowest BCUT2D eigenvalue weighted by Crippen LogP contribution is -2.32. The highest BCUT2D eigenvalue weighted by molar-refractivity contribution is 7.99. The van der Waals surface area contributed by atoms with Crippen molar-refractivity contribution in [3.05, 3.63) is 22.1 Å². The number of nitrogens with one attached hydrogen (secondary N) is 2. The van der Waals surface area contributed by atoms with Crippen LogP contribution in [0.15, 0.2) is 16.0 Å². The molecule has 0 aromatic carbocycles.